The van der Waals surface area contributed by atoms with E-state index in [1.165, 1.54) is 50.5 Å². The van der Waals surface area contributed by atoms with Crippen molar-refractivity contribution >= 4 is 0 Å². The predicted octanol–water partition coefficient (Wildman–Crippen LogP) is 9.69. The van der Waals surface area contributed by atoms with E-state index in [1.807, 2.05) is 24.3 Å². The normalized spacial score (nSPS) is 19.0. The molecule has 1 unspecified atom stereocenters. The molecule has 0 aliphatic heterocycles. The lowest BCUT2D eigenvalue weighted by Gasteiger charge is -2.28. The van der Waals surface area contributed by atoms with Crippen LogP contribution in [0.15, 0.2) is 60.7 Å². The third-order valence-corrected chi connectivity index (χ3v) is 7.87. The van der Waals surface area contributed by atoms with Gasteiger partial charge < -0.3 is 5.11 Å². The number of hydrogen-bond acceptors (Lipinski definition) is 1. The Kier molecular flexibility index (Phi) is 8.90. The van der Waals surface area contributed by atoms with Gasteiger partial charge in [-0.2, -0.15) is 0 Å². The van der Waals surface area contributed by atoms with Crippen molar-refractivity contribution in [3.05, 3.63) is 83.2 Å². The van der Waals surface area contributed by atoms with Gasteiger partial charge in [-0.05, 0) is 59.4 Å². The molecule has 1 N–H and O–H groups in total. The fraction of sp³-hybridized carbons (Fsp3) is 0.438. The summed E-state index contributed by atoms with van der Waals surface area (Å²) in [6.07, 6.45) is 6.54. The van der Waals surface area contributed by atoms with Crippen molar-refractivity contribution < 1.29 is 18.3 Å². The van der Waals surface area contributed by atoms with E-state index in [0.717, 1.165) is 18.3 Å². The molecular weight excluding hydrogens is 457 g/mol. The molecule has 192 valence electrons. The Morgan fingerprint density at radius 1 is 0.778 bits per heavy atom. The highest BCUT2D eigenvalue weighted by atomic mass is 19.3. The first kappa shape index (κ1) is 26.5. The van der Waals surface area contributed by atoms with Crippen LogP contribution in [0, 0.1) is 17.7 Å². The molecule has 4 heteroatoms. The molecule has 0 heterocycles. The first-order valence-electron chi connectivity index (χ1n) is 13.4. The van der Waals surface area contributed by atoms with Crippen molar-refractivity contribution in [2.75, 3.05) is 0 Å². The number of benzene rings is 3. The highest BCUT2D eigenvalue weighted by molar-refractivity contribution is 5.75. The fourth-order valence-electron chi connectivity index (χ4n) is 5.66. The Morgan fingerprint density at radius 2 is 1.31 bits per heavy atom. The van der Waals surface area contributed by atoms with E-state index in [1.54, 1.807) is 43.3 Å². The summed E-state index contributed by atoms with van der Waals surface area (Å²) >= 11 is 0. The minimum Gasteiger partial charge on any atom is -0.389 e. The molecule has 3 aromatic rings. The molecule has 1 atom stereocenters. The number of aliphatic hydroxyl groups excluding tert-OH is 1. The standard InChI is InChI=1S/C32H37F3O/c1-3-4-22-5-7-23(8-6-22)9-10-24-11-13-27(14-12-24)29-20-19-28(30(31(29)33)32(34)35)26-17-15-25(16-18-26)21(2)36/h11-23,32,36H,3-10H2,1-2H3. The molecule has 4 rings (SSSR count). The van der Waals surface area contributed by atoms with Crippen molar-refractivity contribution in [2.24, 2.45) is 11.8 Å². The van der Waals surface area contributed by atoms with Gasteiger partial charge in [0, 0.05) is 5.56 Å². The molecular formula is C32H37F3O. The molecule has 0 aromatic heterocycles. The number of halogens is 3. The Morgan fingerprint density at radius 3 is 1.86 bits per heavy atom. The van der Waals surface area contributed by atoms with E-state index in [0.29, 0.717) is 16.7 Å². The van der Waals surface area contributed by atoms with Gasteiger partial charge in [0.15, 0.2) is 0 Å². The molecule has 1 aliphatic rings. The molecule has 0 radical (unpaired) electrons. The van der Waals surface area contributed by atoms with Crippen LogP contribution >= 0.6 is 0 Å². The van der Waals surface area contributed by atoms with Crippen LogP contribution in [0.3, 0.4) is 0 Å². The largest absolute Gasteiger partial charge is 0.389 e. The maximum atomic E-state index is 15.4. The Balaban J connectivity index is 1.48. The van der Waals surface area contributed by atoms with E-state index in [2.05, 4.69) is 6.92 Å². The SMILES string of the molecule is CCCC1CCC(CCc2ccc(-c3ccc(-c4ccc(C(C)O)cc4)c(C(F)F)c3F)cc2)CC1. The second-order valence-electron chi connectivity index (χ2n) is 10.4. The molecule has 0 saturated heterocycles. The van der Waals surface area contributed by atoms with Gasteiger partial charge in [-0.15, -0.1) is 0 Å². The topological polar surface area (TPSA) is 20.2 Å². The van der Waals surface area contributed by atoms with Crippen LogP contribution in [0.1, 0.15) is 88.0 Å². The van der Waals surface area contributed by atoms with E-state index < -0.39 is 23.9 Å². The lowest BCUT2D eigenvalue weighted by molar-refractivity contribution is 0.147. The van der Waals surface area contributed by atoms with Crippen LogP contribution in [0.5, 0.6) is 0 Å². The number of aryl methyl sites for hydroxylation is 1. The zero-order chi connectivity index (χ0) is 25.7. The molecule has 0 spiro atoms. The van der Waals surface area contributed by atoms with Gasteiger partial charge in [0.25, 0.3) is 6.43 Å². The minimum absolute atomic E-state index is 0.175. The summed E-state index contributed by atoms with van der Waals surface area (Å²) in [4.78, 5) is 0. The Hall–Kier alpha value is -2.59. The van der Waals surface area contributed by atoms with Crippen LogP contribution in [-0.4, -0.2) is 5.11 Å². The van der Waals surface area contributed by atoms with Crippen LogP contribution in [0.25, 0.3) is 22.3 Å². The van der Waals surface area contributed by atoms with Gasteiger partial charge in [-0.3, -0.25) is 0 Å². The highest BCUT2D eigenvalue weighted by Gasteiger charge is 2.23. The first-order valence-corrected chi connectivity index (χ1v) is 13.4. The van der Waals surface area contributed by atoms with Crippen molar-refractivity contribution in [3.63, 3.8) is 0 Å². The lowest BCUT2D eigenvalue weighted by atomic mass is 9.78. The summed E-state index contributed by atoms with van der Waals surface area (Å²) in [6, 6.07) is 17.5. The third kappa shape index (κ3) is 6.21. The van der Waals surface area contributed by atoms with Crippen molar-refractivity contribution in [2.45, 2.75) is 77.7 Å². The summed E-state index contributed by atoms with van der Waals surface area (Å²) in [5.74, 6) is 0.818. The molecule has 36 heavy (non-hydrogen) atoms. The zero-order valence-corrected chi connectivity index (χ0v) is 21.3. The Labute approximate surface area is 213 Å². The first-order chi connectivity index (χ1) is 17.4. The zero-order valence-electron chi connectivity index (χ0n) is 21.3. The van der Waals surface area contributed by atoms with Crippen molar-refractivity contribution in [1.29, 1.82) is 0 Å². The van der Waals surface area contributed by atoms with Gasteiger partial charge in [-0.1, -0.05) is 106 Å². The number of hydrogen-bond donors (Lipinski definition) is 1. The lowest BCUT2D eigenvalue weighted by Crippen LogP contribution is -2.15. The monoisotopic (exact) mass is 494 g/mol. The fourth-order valence-corrected chi connectivity index (χ4v) is 5.66. The molecule has 1 saturated carbocycles. The number of alkyl halides is 2. The number of aliphatic hydroxyl groups is 1. The Bertz CT molecular complexity index is 1110. The quantitative estimate of drug-likeness (QED) is 0.314. The van der Waals surface area contributed by atoms with Gasteiger partial charge in [0.1, 0.15) is 5.82 Å². The van der Waals surface area contributed by atoms with Crippen molar-refractivity contribution in [3.8, 4) is 22.3 Å². The second-order valence-corrected chi connectivity index (χ2v) is 10.4. The van der Waals surface area contributed by atoms with Crippen LogP contribution < -0.4 is 0 Å². The molecule has 1 fully saturated rings. The van der Waals surface area contributed by atoms with Gasteiger partial charge in [0.05, 0.1) is 11.7 Å². The van der Waals surface area contributed by atoms with Gasteiger partial charge in [0.2, 0.25) is 0 Å². The smallest absolute Gasteiger partial charge is 0.267 e. The van der Waals surface area contributed by atoms with Crippen LogP contribution in [0.2, 0.25) is 0 Å². The van der Waals surface area contributed by atoms with E-state index in [4.69, 9.17) is 0 Å². The summed E-state index contributed by atoms with van der Waals surface area (Å²) in [5, 5.41) is 9.70. The summed E-state index contributed by atoms with van der Waals surface area (Å²) in [7, 11) is 0. The maximum Gasteiger partial charge on any atom is 0.267 e. The maximum absolute atomic E-state index is 15.4. The minimum atomic E-state index is -2.94. The summed E-state index contributed by atoms with van der Waals surface area (Å²) < 4.78 is 43.4. The van der Waals surface area contributed by atoms with Crippen LogP contribution in [-0.2, 0) is 6.42 Å². The summed E-state index contributed by atoms with van der Waals surface area (Å²) in [5.41, 5.74) is 2.77. The molecule has 3 aromatic carbocycles. The van der Waals surface area contributed by atoms with Gasteiger partial charge in [-0.25, -0.2) is 13.2 Å². The highest BCUT2D eigenvalue weighted by Crippen LogP contribution is 2.38. The number of rotatable bonds is 9. The molecule has 1 nitrogen and oxygen atoms in total. The van der Waals surface area contributed by atoms with E-state index >= 15 is 4.39 Å². The average molecular weight is 495 g/mol. The third-order valence-electron chi connectivity index (χ3n) is 7.87. The predicted molar refractivity (Wildman–Crippen MR) is 142 cm³/mol. The van der Waals surface area contributed by atoms with Gasteiger partial charge >= 0.3 is 0 Å². The molecule has 0 bridgehead atoms. The van der Waals surface area contributed by atoms with E-state index in [-0.39, 0.29) is 11.1 Å². The average Bonchev–Trinajstić information content (AvgIpc) is 2.88. The van der Waals surface area contributed by atoms with Crippen LogP contribution in [0.4, 0.5) is 13.2 Å². The van der Waals surface area contributed by atoms with E-state index in [9.17, 15) is 13.9 Å². The molecule has 0 amide bonds. The second kappa shape index (κ2) is 12.1. The molecule has 1 aliphatic carbocycles. The summed E-state index contributed by atoms with van der Waals surface area (Å²) in [6.45, 7) is 3.90. The van der Waals surface area contributed by atoms with Crippen molar-refractivity contribution in [1.82, 2.24) is 0 Å².